The fraction of sp³-hybridized carbons (Fsp3) is 0.350. The van der Waals surface area contributed by atoms with Crippen LogP contribution in [-0.2, 0) is 21.2 Å². The summed E-state index contributed by atoms with van der Waals surface area (Å²) < 4.78 is 33.2. The van der Waals surface area contributed by atoms with Crippen molar-refractivity contribution in [3.05, 3.63) is 58.6 Å². The molecule has 1 unspecified atom stereocenters. The van der Waals surface area contributed by atoms with Crippen LogP contribution in [0, 0.1) is 0 Å². The molecule has 3 rings (SSSR count). The minimum Gasteiger partial charge on any atom is -0.377 e. The first-order chi connectivity index (χ1) is 13.4. The zero-order valence-corrected chi connectivity index (χ0v) is 17.1. The van der Waals surface area contributed by atoms with Gasteiger partial charge in [0, 0.05) is 24.4 Å². The molecule has 2 N–H and O–H groups in total. The lowest BCUT2D eigenvalue weighted by atomic mass is 10.1. The molecule has 2 aromatic rings. The Kier molecular flexibility index (Phi) is 6.72. The van der Waals surface area contributed by atoms with Gasteiger partial charge in [0.15, 0.2) is 0 Å². The lowest BCUT2D eigenvalue weighted by molar-refractivity contribution is 0.102. The Morgan fingerprint density at radius 1 is 1.25 bits per heavy atom. The van der Waals surface area contributed by atoms with E-state index in [0.717, 1.165) is 24.8 Å². The minimum atomic E-state index is -3.86. The molecule has 1 heterocycles. The topological polar surface area (TPSA) is 84.5 Å². The molecule has 0 aromatic heterocycles. The molecule has 1 amide bonds. The molecule has 0 radical (unpaired) electrons. The van der Waals surface area contributed by atoms with Crippen molar-refractivity contribution in [3.8, 4) is 0 Å². The Hall–Kier alpha value is -1.93. The summed E-state index contributed by atoms with van der Waals surface area (Å²) in [4.78, 5) is 12.5. The molecule has 150 valence electrons. The van der Waals surface area contributed by atoms with Gasteiger partial charge in [0.05, 0.1) is 11.1 Å². The zero-order valence-electron chi connectivity index (χ0n) is 15.6. The van der Waals surface area contributed by atoms with Crippen LogP contribution in [0.3, 0.4) is 0 Å². The van der Waals surface area contributed by atoms with E-state index in [1.807, 2.05) is 25.1 Å². The van der Waals surface area contributed by atoms with Crippen LogP contribution in [-0.4, -0.2) is 33.6 Å². The molecular weight excluding hydrogens is 400 g/mol. The Morgan fingerprint density at radius 2 is 2.07 bits per heavy atom. The monoisotopic (exact) mass is 422 g/mol. The summed E-state index contributed by atoms with van der Waals surface area (Å²) in [5.74, 6) is -0.402. The second-order valence-electron chi connectivity index (χ2n) is 6.64. The van der Waals surface area contributed by atoms with Crippen LogP contribution >= 0.6 is 11.6 Å². The van der Waals surface area contributed by atoms with E-state index in [-0.39, 0.29) is 28.1 Å². The molecule has 1 fully saturated rings. The number of sulfonamides is 1. The first kappa shape index (κ1) is 20.8. The average molecular weight is 423 g/mol. The number of aryl methyl sites for hydroxylation is 1. The van der Waals surface area contributed by atoms with Crippen LogP contribution in [0.2, 0.25) is 5.02 Å². The van der Waals surface area contributed by atoms with Gasteiger partial charge in [-0.05, 0) is 55.2 Å². The van der Waals surface area contributed by atoms with Crippen molar-refractivity contribution in [2.45, 2.75) is 37.2 Å². The molecule has 8 heteroatoms. The van der Waals surface area contributed by atoms with Gasteiger partial charge < -0.3 is 10.1 Å². The number of anilines is 1. The van der Waals surface area contributed by atoms with Gasteiger partial charge in [-0.1, -0.05) is 30.7 Å². The van der Waals surface area contributed by atoms with Crippen LogP contribution in [0.25, 0.3) is 0 Å². The van der Waals surface area contributed by atoms with Gasteiger partial charge in [-0.25, -0.2) is 13.1 Å². The lowest BCUT2D eigenvalue weighted by Crippen LogP contribution is -2.32. The van der Waals surface area contributed by atoms with Gasteiger partial charge in [0.1, 0.15) is 4.90 Å². The number of rotatable bonds is 7. The first-order valence-electron chi connectivity index (χ1n) is 9.20. The van der Waals surface area contributed by atoms with Crippen LogP contribution < -0.4 is 10.0 Å². The van der Waals surface area contributed by atoms with E-state index in [0.29, 0.717) is 12.3 Å². The Bertz CT molecular complexity index is 956. The normalized spacial score (nSPS) is 16.9. The number of nitrogens with one attached hydrogen (secondary N) is 2. The van der Waals surface area contributed by atoms with Crippen LogP contribution in [0.4, 0.5) is 5.69 Å². The molecule has 2 aromatic carbocycles. The highest BCUT2D eigenvalue weighted by Gasteiger charge is 2.23. The SMILES string of the molecule is CCc1cccc(NC(=O)c2ccc(Cl)c(S(=O)(=O)NCC3CCCO3)c2)c1. The average Bonchev–Trinajstić information content (AvgIpc) is 3.20. The number of carbonyl (C=O) groups excluding carboxylic acids is 1. The van der Waals surface area contributed by atoms with E-state index in [9.17, 15) is 13.2 Å². The van der Waals surface area contributed by atoms with Crippen molar-refractivity contribution in [1.82, 2.24) is 4.72 Å². The van der Waals surface area contributed by atoms with Crippen LogP contribution in [0.15, 0.2) is 47.4 Å². The van der Waals surface area contributed by atoms with Gasteiger partial charge in [-0.3, -0.25) is 4.79 Å². The molecule has 0 aliphatic carbocycles. The maximum absolute atomic E-state index is 12.6. The summed E-state index contributed by atoms with van der Waals surface area (Å²) in [6, 6.07) is 11.7. The number of hydrogen-bond acceptors (Lipinski definition) is 4. The third kappa shape index (κ3) is 5.11. The van der Waals surface area contributed by atoms with Gasteiger partial charge in [-0.15, -0.1) is 0 Å². The molecule has 1 aliphatic rings. The highest BCUT2D eigenvalue weighted by Crippen LogP contribution is 2.24. The molecule has 0 bridgehead atoms. The largest absolute Gasteiger partial charge is 0.377 e. The van der Waals surface area contributed by atoms with E-state index in [1.54, 1.807) is 6.07 Å². The minimum absolute atomic E-state index is 0.0596. The molecule has 6 nitrogen and oxygen atoms in total. The van der Waals surface area contributed by atoms with Gasteiger partial charge in [-0.2, -0.15) is 0 Å². The molecule has 1 aliphatic heterocycles. The summed E-state index contributed by atoms with van der Waals surface area (Å²) in [6.07, 6.45) is 2.45. The lowest BCUT2D eigenvalue weighted by Gasteiger charge is -2.13. The quantitative estimate of drug-likeness (QED) is 0.713. The molecule has 1 atom stereocenters. The van der Waals surface area contributed by atoms with Crippen LogP contribution in [0.1, 0.15) is 35.7 Å². The molecular formula is C20H23ClN2O4S. The Labute approximate surface area is 170 Å². The first-order valence-corrected chi connectivity index (χ1v) is 11.1. The second-order valence-corrected chi connectivity index (χ2v) is 8.78. The predicted molar refractivity (Wildman–Crippen MR) is 109 cm³/mol. The van der Waals surface area contributed by atoms with Gasteiger partial charge >= 0.3 is 0 Å². The number of ether oxygens (including phenoxy) is 1. The molecule has 0 spiro atoms. The highest BCUT2D eigenvalue weighted by molar-refractivity contribution is 7.89. The summed E-state index contributed by atoms with van der Waals surface area (Å²) >= 11 is 6.10. The zero-order chi connectivity index (χ0) is 20.1. The summed E-state index contributed by atoms with van der Waals surface area (Å²) in [6.45, 7) is 2.85. The smallest absolute Gasteiger partial charge is 0.255 e. The van der Waals surface area contributed by atoms with Crippen molar-refractivity contribution in [1.29, 1.82) is 0 Å². The molecule has 0 saturated carbocycles. The van der Waals surface area contributed by atoms with Crippen molar-refractivity contribution in [2.75, 3.05) is 18.5 Å². The van der Waals surface area contributed by atoms with Crippen LogP contribution in [0.5, 0.6) is 0 Å². The standard InChI is InChI=1S/C20H23ClN2O4S/c1-2-14-5-3-6-16(11-14)23-20(24)15-8-9-18(21)19(12-15)28(25,26)22-13-17-7-4-10-27-17/h3,5-6,8-9,11-12,17,22H,2,4,7,10,13H2,1H3,(H,23,24). The fourth-order valence-corrected chi connectivity index (χ4v) is 4.60. The third-order valence-corrected chi connectivity index (χ3v) is 6.51. The second kappa shape index (κ2) is 9.05. The van der Waals surface area contributed by atoms with E-state index in [1.165, 1.54) is 18.2 Å². The van der Waals surface area contributed by atoms with E-state index in [2.05, 4.69) is 10.0 Å². The maximum Gasteiger partial charge on any atom is 0.255 e. The van der Waals surface area contributed by atoms with Crippen molar-refractivity contribution in [2.24, 2.45) is 0 Å². The summed E-state index contributed by atoms with van der Waals surface area (Å²) in [5, 5.41) is 2.85. The Morgan fingerprint density at radius 3 is 2.79 bits per heavy atom. The number of amides is 1. The van der Waals surface area contributed by atoms with Gasteiger partial charge in [0.2, 0.25) is 10.0 Å². The van der Waals surface area contributed by atoms with Crippen molar-refractivity contribution in [3.63, 3.8) is 0 Å². The number of halogens is 1. The summed E-state index contributed by atoms with van der Waals surface area (Å²) in [7, 11) is -3.86. The molecule has 28 heavy (non-hydrogen) atoms. The van der Waals surface area contributed by atoms with Crippen molar-refractivity contribution >= 4 is 33.2 Å². The summed E-state index contributed by atoms with van der Waals surface area (Å²) in [5.41, 5.74) is 1.96. The number of hydrogen-bond donors (Lipinski definition) is 2. The highest BCUT2D eigenvalue weighted by atomic mass is 35.5. The fourth-order valence-electron chi connectivity index (χ4n) is 3.01. The number of benzene rings is 2. The number of carbonyl (C=O) groups is 1. The van der Waals surface area contributed by atoms with E-state index < -0.39 is 15.9 Å². The van der Waals surface area contributed by atoms with E-state index >= 15 is 0 Å². The van der Waals surface area contributed by atoms with Crippen molar-refractivity contribution < 1.29 is 17.9 Å². The molecule has 1 saturated heterocycles. The Balaban J connectivity index is 1.76. The van der Waals surface area contributed by atoms with E-state index in [4.69, 9.17) is 16.3 Å². The van der Waals surface area contributed by atoms with Gasteiger partial charge in [0.25, 0.3) is 5.91 Å². The predicted octanol–water partition coefficient (Wildman–Crippen LogP) is 3.61. The third-order valence-electron chi connectivity index (χ3n) is 4.60. The maximum atomic E-state index is 12.6.